The predicted molar refractivity (Wildman–Crippen MR) is 69.7 cm³/mol. The second-order valence-corrected chi connectivity index (χ2v) is 6.27. The van der Waals surface area contributed by atoms with Crippen molar-refractivity contribution < 1.29 is 13.2 Å². The van der Waals surface area contributed by atoms with Gasteiger partial charge in [-0.05, 0) is 33.2 Å². The van der Waals surface area contributed by atoms with E-state index < -0.39 is 21.5 Å². The van der Waals surface area contributed by atoms with Gasteiger partial charge >= 0.3 is 0 Å². The van der Waals surface area contributed by atoms with Crippen LogP contribution < -0.4 is 10.6 Å². The van der Waals surface area contributed by atoms with Gasteiger partial charge in [-0.1, -0.05) is 6.92 Å². The molecule has 0 fully saturated rings. The Labute approximate surface area is 104 Å². The summed E-state index contributed by atoms with van der Waals surface area (Å²) in [6, 6.07) is 0.356. The first-order chi connectivity index (χ1) is 7.95. The molecule has 0 aliphatic heterocycles. The molecule has 17 heavy (non-hydrogen) atoms. The second-order valence-electron chi connectivity index (χ2n) is 4.08. The van der Waals surface area contributed by atoms with Crippen molar-refractivity contribution in [2.75, 3.05) is 25.1 Å². The molecule has 0 aromatic heterocycles. The largest absolute Gasteiger partial charge is 0.356 e. The van der Waals surface area contributed by atoms with Crippen LogP contribution in [0.25, 0.3) is 0 Å². The van der Waals surface area contributed by atoms with E-state index >= 15 is 0 Å². The Morgan fingerprint density at radius 1 is 1.29 bits per heavy atom. The lowest BCUT2D eigenvalue weighted by molar-refractivity contribution is -0.118. The summed E-state index contributed by atoms with van der Waals surface area (Å²) in [7, 11) is -1.38. The van der Waals surface area contributed by atoms with Crippen molar-refractivity contribution in [1.82, 2.24) is 10.6 Å². The number of hydrogen-bond acceptors (Lipinski definition) is 4. The zero-order valence-electron chi connectivity index (χ0n) is 11.0. The number of rotatable bonds is 9. The molecule has 102 valence electrons. The van der Waals surface area contributed by atoms with Gasteiger partial charge < -0.3 is 10.6 Å². The van der Waals surface area contributed by atoms with Gasteiger partial charge in [0.15, 0.2) is 9.84 Å². The van der Waals surface area contributed by atoms with E-state index in [1.54, 1.807) is 6.92 Å². The van der Waals surface area contributed by atoms with Gasteiger partial charge in [0.1, 0.15) is 5.75 Å². The van der Waals surface area contributed by atoms with Crippen molar-refractivity contribution in [3.63, 3.8) is 0 Å². The van der Waals surface area contributed by atoms with Crippen LogP contribution in [0.1, 0.15) is 33.1 Å². The molecule has 0 rings (SSSR count). The first-order valence-corrected chi connectivity index (χ1v) is 7.91. The Kier molecular flexibility index (Phi) is 8.16. The van der Waals surface area contributed by atoms with Gasteiger partial charge in [0, 0.05) is 12.6 Å². The van der Waals surface area contributed by atoms with Crippen LogP contribution >= 0.6 is 0 Å². The summed E-state index contributed by atoms with van der Waals surface area (Å²) in [4.78, 5) is 11.2. The lowest BCUT2D eigenvalue weighted by Gasteiger charge is -2.13. The van der Waals surface area contributed by atoms with Crippen molar-refractivity contribution in [2.45, 2.75) is 39.2 Å². The fourth-order valence-electron chi connectivity index (χ4n) is 1.62. The van der Waals surface area contributed by atoms with E-state index in [4.69, 9.17) is 0 Å². The van der Waals surface area contributed by atoms with Gasteiger partial charge in [0.2, 0.25) is 5.91 Å². The quantitative estimate of drug-likeness (QED) is 0.629. The normalized spacial score (nSPS) is 13.4. The third kappa shape index (κ3) is 8.15. The molecule has 0 bridgehead atoms. The molecule has 0 saturated heterocycles. The highest BCUT2D eigenvalue weighted by Gasteiger charge is 2.16. The van der Waals surface area contributed by atoms with E-state index in [-0.39, 0.29) is 5.75 Å². The van der Waals surface area contributed by atoms with Crippen LogP contribution in [0, 0.1) is 0 Å². The van der Waals surface area contributed by atoms with Crippen molar-refractivity contribution in [3.8, 4) is 0 Å². The average Bonchev–Trinajstić information content (AvgIpc) is 2.24. The highest BCUT2D eigenvalue weighted by molar-refractivity contribution is 7.92. The van der Waals surface area contributed by atoms with E-state index in [0.29, 0.717) is 19.0 Å². The summed E-state index contributed by atoms with van der Waals surface area (Å²) in [5, 5.41) is 5.62. The SMILES string of the molecule is CCNC(=O)CS(=O)(=O)CCCC(CC)NC. The Morgan fingerprint density at radius 3 is 2.41 bits per heavy atom. The maximum atomic E-state index is 11.6. The van der Waals surface area contributed by atoms with Gasteiger partial charge in [0.25, 0.3) is 0 Å². The molecule has 0 aliphatic rings. The Balaban J connectivity index is 3.97. The Bertz CT molecular complexity index is 311. The third-order valence-corrected chi connectivity index (χ3v) is 4.25. The summed E-state index contributed by atoms with van der Waals surface area (Å²) in [6.45, 7) is 4.29. The minimum absolute atomic E-state index is 0.0856. The minimum Gasteiger partial charge on any atom is -0.356 e. The molecular formula is C11H24N2O3S. The first kappa shape index (κ1) is 16.4. The van der Waals surface area contributed by atoms with E-state index in [2.05, 4.69) is 17.6 Å². The molecule has 0 aliphatic carbocycles. The molecule has 5 nitrogen and oxygen atoms in total. The summed E-state index contributed by atoms with van der Waals surface area (Å²) in [5.41, 5.74) is 0. The van der Waals surface area contributed by atoms with Crippen molar-refractivity contribution in [3.05, 3.63) is 0 Å². The molecule has 0 heterocycles. The Hall–Kier alpha value is -0.620. The summed E-state index contributed by atoms with van der Waals surface area (Å²) in [5.74, 6) is -0.715. The van der Waals surface area contributed by atoms with E-state index in [0.717, 1.165) is 12.8 Å². The standard InChI is InChI=1S/C11H24N2O3S/c1-4-10(12-3)7-6-8-17(15,16)9-11(14)13-5-2/h10,12H,4-9H2,1-3H3,(H,13,14). The predicted octanol–water partition coefficient (Wildman–Crippen LogP) is 0.316. The molecule has 0 radical (unpaired) electrons. The van der Waals surface area contributed by atoms with Crippen molar-refractivity contribution in [1.29, 1.82) is 0 Å². The highest BCUT2D eigenvalue weighted by Crippen LogP contribution is 2.04. The van der Waals surface area contributed by atoms with Crippen LogP contribution in [0.15, 0.2) is 0 Å². The number of amides is 1. The summed E-state index contributed by atoms with van der Waals surface area (Å²) in [6.07, 6.45) is 2.40. The van der Waals surface area contributed by atoms with Crippen LogP contribution in [0.4, 0.5) is 0 Å². The van der Waals surface area contributed by atoms with Crippen molar-refractivity contribution in [2.24, 2.45) is 0 Å². The molecule has 1 amide bonds. The average molecular weight is 264 g/mol. The molecule has 6 heteroatoms. The lowest BCUT2D eigenvalue weighted by atomic mass is 10.1. The summed E-state index contributed by atoms with van der Waals surface area (Å²) >= 11 is 0. The molecule has 0 spiro atoms. The van der Waals surface area contributed by atoms with E-state index in [1.165, 1.54) is 0 Å². The Morgan fingerprint density at radius 2 is 1.94 bits per heavy atom. The lowest BCUT2D eigenvalue weighted by Crippen LogP contribution is -2.31. The molecule has 1 unspecified atom stereocenters. The molecular weight excluding hydrogens is 240 g/mol. The molecule has 1 atom stereocenters. The number of nitrogens with one attached hydrogen (secondary N) is 2. The molecule has 0 aromatic rings. The van der Waals surface area contributed by atoms with Crippen LogP contribution in [0.2, 0.25) is 0 Å². The van der Waals surface area contributed by atoms with Gasteiger partial charge in [0.05, 0.1) is 5.75 Å². The van der Waals surface area contributed by atoms with Gasteiger partial charge in [-0.3, -0.25) is 4.79 Å². The minimum atomic E-state index is -3.25. The molecule has 0 aromatic carbocycles. The topological polar surface area (TPSA) is 75.3 Å². The fourth-order valence-corrected chi connectivity index (χ4v) is 2.87. The number of carbonyl (C=O) groups is 1. The monoisotopic (exact) mass is 264 g/mol. The summed E-state index contributed by atoms with van der Waals surface area (Å²) < 4.78 is 23.2. The van der Waals surface area contributed by atoms with Crippen LogP contribution in [-0.2, 0) is 14.6 Å². The van der Waals surface area contributed by atoms with Gasteiger partial charge in [-0.15, -0.1) is 0 Å². The number of hydrogen-bond donors (Lipinski definition) is 2. The number of carbonyl (C=O) groups excluding carboxylic acids is 1. The van der Waals surface area contributed by atoms with Crippen molar-refractivity contribution >= 4 is 15.7 Å². The molecule has 2 N–H and O–H groups in total. The van der Waals surface area contributed by atoms with E-state index in [9.17, 15) is 13.2 Å². The number of sulfone groups is 1. The zero-order valence-corrected chi connectivity index (χ0v) is 11.8. The van der Waals surface area contributed by atoms with Crippen LogP contribution in [0.5, 0.6) is 0 Å². The van der Waals surface area contributed by atoms with E-state index in [1.807, 2.05) is 7.05 Å². The zero-order chi connectivity index (χ0) is 13.3. The second kappa shape index (κ2) is 8.47. The maximum absolute atomic E-state index is 11.6. The third-order valence-electron chi connectivity index (χ3n) is 2.63. The van der Waals surface area contributed by atoms with Gasteiger partial charge in [-0.25, -0.2) is 8.42 Å². The van der Waals surface area contributed by atoms with Crippen LogP contribution in [0.3, 0.4) is 0 Å². The smallest absolute Gasteiger partial charge is 0.235 e. The molecule has 0 saturated carbocycles. The highest BCUT2D eigenvalue weighted by atomic mass is 32.2. The van der Waals surface area contributed by atoms with Gasteiger partial charge in [-0.2, -0.15) is 0 Å². The maximum Gasteiger partial charge on any atom is 0.235 e. The van der Waals surface area contributed by atoms with Crippen LogP contribution in [-0.4, -0.2) is 45.5 Å². The first-order valence-electron chi connectivity index (χ1n) is 6.09. The fraction of sp³-hybridized carbons (Fsp3) is 0.909.